The number of carboxylic acids is 1. The van der Waals surface area contributed by atoms with Gasteiger partial charge in [0.25, 0.3) is 0 Å². The standard InChI is InChI=1S/C11H18N4O7S/c12-23(21,22)6-7-1-10(18)15(4-7)5-9(17)13-2-8(16)14-3-11(19)20/h7H,1-6H2,(H,13,17)(H,14,16)(H,19,20)(H2,12,21,22). The minimum atomic E-state index is -3.70. The van der Waals surface area contributed by atoms with E-state index in [9.17, 15) is 27.6 Å². The van der Waals surface area contributed by atoms with Gasteiger partial charge in [-0.2, -0.15) is 0 Å². The summed E-state index contributed by atoms with van der Waals surface area (Å²) in [5.74, 6) is -3.68. The molecule has 5 N–H and O–H groups in total. The van der Waals surface area contributed by atoms with Crippen molar-refractivity contribution in [2.75, 3.05) is 31.9 Å². The van der Waals surface area contributed by atoms with Crippen LogP contribution in [-0.4, -0.2) is 74.0 Å². The van der Waals surface area contributed by atoms with E-state index in [2.05, 4.69) is 10.6 Å². The zero-order valence-corrected chi connectivity index (χ0v) is 13.0. The lowest BCUT2D eigenvalue weighted by Crippen LogP contribution is -2.43. The Kier molecular flexibility index (Phi) is 6.45. The Morgan fingerprint density at radius 2 is 1.83 bits per heavy atom. The van der Waals surface area contributed by atoms with Gasteiger partial charge in [0.15, 0.2) is 0 Å². The number of carbonyl (C=O) groups excluding carboxylic acids is 3. The quantitative estimate of drug-likeness (QED) is 0.350. The fourth-order valence-electron chi connectivity index (χ4n) is 2.09. The Bertz CT molecular complexity index is 603. The third-order valence-corrected chi connectivity index (χ3v) is 3.92. The number of nitrogens with one attached hydrogen (secondary N) is 2. The van der Waals surface area contributed by atoms with Crippen molar-refractivity contribution in [1.29, 1.82) is 0 Å². The molecule has 0 aliphatic carbocycles. The van der Waals surface area contributed by atoms with E-state index in [0.717, 1.165) is 0 Å². The summed E-state index contributed by atoms with van der Waals surface area (Å²) < 4.78 is 22.0. The zero-order valence-electron chi connectivity index (χ0n) is 12.1. The monoisotopic (exact) mass is 350 g/mol. The Hall–Kier alpha value is -2.21. The number of aliphatic carboxylic acids is 1. The second-order valence-corrected chi connectivity index (χ2v) is 6.78. The first-order valence-electron chi connectivity index (χ1n) is 6.60. The molecule has 11 nitrogen and oxygen atoms in total. The maximum absolute atomic E-state index is 11.7. The maximum atomic E-state index is 11.7. The number of primary sulfonamides is 1. The van der Waals surface area contributed by atoms with E-state index in [0.29, 0.717) is 0 Å². The average molecular weight is 350 g/mol. The van der Waals surface area contributed by atoms with E-state index in [4.69, 9.17) is 10.2 Å². The highest BCUT2D eigenvalue weighted by molar-refractivity contribution is 7.89. The molecule has 0 aromatic carbocycles. The van der Waals surface area contributed by atoms with Crippen LogP contribution in [-0.2, 0) is 29.2 Å². The number of nitrogens with two attached hydrogens (primary N) is 1. The van der Waals surface area contributed by atoms with Crippen molar-refractivity contribution >= 4 is 33.7 Å². The summed E-state index contributed by atoms with van der Waals surface area (Å²) >= 11 is 0. The van der Waals surface area contributed by atoms with Crippen LogP contribution in [0.25, 0.3) is 0 Å². The lowest BCUT2D eigenvalue weighted by atomic mass is 10.1. The summed E-state index contributed by atoms with van der Waals surface area (Å²) in [5.41, 5.74) is 0. The Morgan fingerprint density at radius 1 is 1.22 bits per heavy atom. The van der Waals surface area contributed by atoms with Crippen LogP contribution in [0.4, 0.5) is 0 Å². The summed E-state index contributed by atoms with van der Waals surface area (Å²) in [5, 5.41) is 17.6. The van der Waals surface area contributed by atoms with Crippen LogP contribution in [0.2, 0.25) is 0 Å². The average Bonchev–Trinajstić information content (AvgIpc) is 2.71. The van der Waals surface area contributed by atoms with Gasteiger partial charge in [0.1, 0.15) is 6.54 Å². The molecule has 1 aliphatic rings. The lowest BCUT2D eigenvalue weighted by Gasteiger charge is -2.16. The summed E-state index contributed by atoms with van der Waals surface area (Å²) in [6.45, 7) is -1.20. The number of sulfonamides is 1. The Labute approximate surface area is 132 Å². The molecule has 0 aromatic rings. The number of hydrogen-bond acceptors (Lipinski definition) is 6. The number of carboxylic acid groups (broad SMARTS) is 1. The van der Waals surface area contributed by atoms with Crippen molar-refractivity contribution in [3.63, 3.8) is 0 Å². The lowest BCUT2D eigenvalue weighted by molar-refractivity contribution is -0.138. The van der Waals surface area contributed by atoms with Crippen molar-refractivity contribution in [3.8, 4) is 0 Å². The topological polar surface area (TPSA) is 176 Å². The number of amides is 3. The summed E-state index contributed by atoms with van der Waals surface area (Å²) in [4.78, 5) is 46.0. The van der Waals surface area contributed by atoms with Crippen molar-refractivity contribution in [3.05, 3.63) is 0 Å². The summed E-state index contributed by atoms with van der Waals surface area (Å²) in [7, 11) is -3.70. The molecule has 1 aliphatic heterocycles. The van der Waals surface area contributed by atoms with Gasteiger partial charge in [0, 0.05) is 18.9 Å². The van der Waals surface area contributed by atoms with Crippen molar-refractivity contribution in [1.82, 2.24) is 15.5 Å². The number of carbonyl (C=O) groups is 4. The second-order valence-electron chi connectivity index (χ2n) is 5.12. The molecule has 1 atom stereocenters. The normalized spacial score (nSPS) is 17.9. The van der Waals surface area contributed by atoms with Gasteiger partial charge in [-0.05, 0) is 0 Å². The molecule has 1 rings (SSSR count). The van der Waals surface area contributed by atoms with E-state index in [-0.39, 0.29) is 31.2 Å². The molecule has 23 heavy (non-hydrogen) atoms. The van der Waals surface area contributed by atoms with Crippen molar-refractivity contribution < 1.29 is 32.7 Å². The predicted molar refractivity (Wildman–Crippen MR) is 76.3 cm³/mol. The smallest absolute Gasteiger partial charge is 0.322 e. The fraction of sp³-hybridized carbons (Fsp3) is 0.636. The van der Waals surface area contributed by atoms with Gasteiger partial charge in [-0.3, -0.25) is 19.2 Å². The fourth-order valence-corrected chi connectivity index (χ4v) is 2.97. The SMILES string of the molecule is NS(=O)(=O)CC1CC(=O)N(CC(=O)NCC(=O)NCC(=O)O)C1. The highest BCUT2D eigenvalue weighted by atomic mass is 32.2. The molecule has 0 aromatic heterocycles. The molecule has 12 heteroatoms. The number of nitrogens with zero attached hydrogens (tertiary/aromatic N) is 1. The first-order valence-corrected chi connectivity index (χ1v) is 8.32. The van der Waals surface area contributed by atoms with Crippen molar-refractivity contribution in [2.45, 2.75) is 6.42 Å². The number of hydrogen-bond donors (Lipinski definition) is 4. The summed E-state index contributed by atoms with van der Waals surface area (Å²) in [6.07, 6.45) is -0.0111. The van der Waals surface area contributed by atoms with Crippen LogP contribution < -0.4 is 15.8 Å². The molecular formula is C11H18N4O7S. The third-order valence-electron chi connectivity index (χ3n) is 2.98. The third kappa shape index (κ3) is 7.56. The Morgan fingerprint density at radius 3 is 2.39 bits per heavy atom. The van der Waals surface area contributed by atoms with Crippen molar-refractivity contribution in [2.24, 2.45) is 11.1 Å². The highest BCUT2D eigenvalue weighted by Crippen LogP contribution is 2.18. The van der Waals surface area contributed by atoms with Gasteiger partial charge >= 0.3 is 5.97 Å². The van der Waals surface area contributed by atoms with E-state index in [1.54, 1.807) is 0 Å². The van der Waals surface area contributed by atoms with Gasteiger partial charge in [0.05, 0.1) is 18.8 Å². The molecule has 0 radical (unpaired) electrons. The van der Waals surface area contributed by atoms with Gasteiger partial charge in [-0.1, -0.05) is 0 Å². The second kappa shape index (κ2) is 7.87. The van der Waals surface area contributed by atoms with Crippen LogP contribution >= 0.6 is 0 Å². The molecule has 130 valence electrons. The first-order chi connectivity index (χ1) is 10.6. The predicted octanol–water partition coefficient (Wildman–Crippen LogP) is -3.56. The highest BCUT2D eigenvalue weighted by Gasteiger charge is 2.32. The van der Waals surface area contributed by atoms with E-state index < -0.39 is 46.8 Å². The molecular weight excluding hydrogens is 332 g/mol. The van der Waals surface area contributed by atoms with Gasteiger partial charge in [-0.15, -0.1) is 0 Å². The first kappa shape index (κ1) is 18.8. The molecule has 1 saturated heterocycles. The molecule has 0 spiro atoms. The molecule has 0 bridgehead atoms. The van der Waals surface area contributed by atoms with E-state index in [1.165, 1.54) is 4.90 Å². The van der Waals surface area contributed by atoms with Crippen LogP contribution in [0.5, 0.6) is 0 Å². The maximum Gasteiger partial charge on any atom is 0.322 e. The number of likely N-dealkylation sites (tertiary alicyclic amines) is 1. The largest absolute Gasteiger partial charge is 0.480 e. The minimum absolute atomic E-state index is 0.0111. The van der Waals surface area contributed by atoms with Gasteiger partial charge in [0.2, 0.25) is 27.7 Å². The van der Waals surface area contributed by atoms with Crippen LogP contribution in [0.3, 0.4) is 0 Å². The zero-order chi connectivity index (χ0) is 17.6. The van der Waals surface area contributed by atoms with Gasteiger partial charge < -0.3 is 20.6 Å². The molecule has 1 unspecified atom stereocenters. The minimum Gasteiger partial charge on any atom is -0.480 e. The van der Waals surface area contributed by atoms with Crippen LogP contribution in [0, 0.1) is 5.92 Å². The van der Waals surface area contributed by atoms with E-state index in [1.807, 2.05) is 0 Å². The van der Waals surface area contributed by atoms with Gasteiger partial charge in [-0.25, -0.2) is 13.6 Å². The van der Waals surface area contributed by atoms with Crippen LogP contribution in [0.15, 0.2) is 0 Å². The molecule has 0 saturated carbocycles. The van der Waals surface area contributed by atoms with E-state index >= 15 is 0 Å². The molecule has 1 heterocycles. The molecule has 3 amide bonds. The number of rotatable bonds is 8. The van der Waals surface area contributed by atoms with Crippen LogP contribution in [0.1, 0.15) is 6.42 Å². The Balaban J connectivity index is 2.35. The summed E-state index contributed by atoms with van der Waals surface area (Å²) in [6, 6.07) is 0. The molecule has 1 fully saturated rings.